The quantitative estimate of drug-likeness (QED) is 0.887. The number of carbonyl (C=O) groups is 1. The number of ether oxygens (including phenoxy) is 1. The van der Waals surface area contributed by atoms with Crippen molar-refractivity contribution >= 4 is 5.91 Å². The van der Waals surface area contributed by atoms with E-state index in [-0.39, 0.29) is 17.1 Å². The van der Waals surface area contributed by atoms with Crippen molar-refractivity contribution in [3.05, 3.63) is 66.0 Å². The Morgan fingerprint density at radius 1 is 1.17 bits per heavy atom. The van der Waals surface area contributed by atoms with Crippen molar-refractivity contribution in [1.29, 1.82) is 0 Å². The van der Waals surface area contributed by atoms with Gasteiger partial charge in [0.25, 0.3) is 5.91 Å². The maximum absolute atomic E-state index is 12.9. The summed E-state index contributed by atoms with van der Waals surface area (Å²) in [6.45, 7) is 2.31. The highest BCUT2D eigenvalue weighted by Crippen LogP contribution is 2.47. The zero-order valence-corrected chi connectivity index (χ0v) is 13.1. The van der Waals surface area contributed by atoms with Gasteiger partial charge in [-0.1, -0.05) is 30.3 Å². The summed E-state index contributed by atoms with van der Waals surface area (Å²) < 4.78 is 18.4. The number of carbonyl (C=O) groups excluding carboxylic acids is 1. The second kappa shape index (κ2) is 6.41. The van der Waals surface area contributed by atoms with Crippen LogP contribution in [0.15, 0.2) is 54.6 Å². The van der Waals surface area contributed by atoms with Crippen LogP contribution in [0.4, 0.5) is 4.39 Å². The number of benzene rings is 2. The summed E-state index contributed by atoms with van der Waals surface area (Å²) in [4.78, 5) is 12.2. The molecule has 1 fully saturated rings. The molecule has 1 unspecified atom stereocenters. The van der Waals surface area contributed by atoms with Crippen LogP contribution in [0.2, 0.25) is 0 Å². The van der Waals surface area contributed by atoms with Crippen molar-refractivity contribution in [2.75, 3.05) is 6.54 Å². The third-order valence-electron chi connectivity index (χ3n) is 4.34. The first kappa shape index (κ1) is 15.5. The second-order valence-corrected chi connectivity index (χ2v) is 6.08. The standard InChI is InChI=1S/C19H20FNO2/c1-14(23-17-9-7-16(20)8-10-17)18(22)21-13-19(11-12-19)15-5-3-2-4-6-15/h2-10,14H,11-13H2,1H3,(H,21,22). The van der Waals surface area contributed by atoms with E-state index in [0.29, 0.717) is 12.3 Å². The van der Waals surface area contributed by atoms with Crippen LogP contribution in [0, 0.1) is 5.82 Å². The average Bonchev–Trinajstić information content (AvgIpc) is 3.37. The first-order chi connectivity index (χ1) is 11.1. The monoisotopic (exact) mass is 313 g/mol. The Bertz CT molecular complexity index is 666. The first-order valence-electron chi connectivity index (χ1n) is 7.85. The lowest BCUT2D eigenvalue weighted by molar-refractivity contribution is -0.127. The van der Waals surface area contributed by atoms with E-state index in [9.17, 15) is 9.18 Å². The Morgan fingerprint density at radius 3 is 2.43 bits per heavy atom. The predicted molar refractivity (Wildman–Crippen MR) is 86.9 cm³/mol. The normalized spacial score (nSPS) is 16.4. The van der Waals surface area contributed by atoms with E-state index in [0.717, 1.165) is 12.8 Å². The van der Waals surface area contributed by atoms with Crippen LogP contribution in [0.3, 0.4) is 0 Å². The van der Waals surface area contributed by atoms with Crippen LogP contribution in [0.25, 0.3) is 0 Å². The van der Waals surface area contributed by atoms with E-state index < -0.39 is 6.10 Å². The van der Waals surface area contributed by atoms with Gasteiger partial charge in [-0.15, -0.1) is 0 Å². The lowest BCUT2D eigenvalue weighted by Crippen LogP contribution is -2.40. The Hall–Kier alpha value is -2.36. The van der Waals surface area contributed by atoms with Crippen molar-refractivity contribution in [1.82, 2.24) is 5.32 Å². The van der Waals surface area contributed by atoms with E-state index in [4.69, 9.17) is 4.74 Å². The van der Waals surface area contributed by atoms with E-state index in [1.54, 1.807) is 6.92 Å². The van der Waals surface area contributed by atoms with Crippen molar-refractivity contribution in [3.8, 4) is 5.75 Å². The molecule has 0 spiro atoms. The van der Waals surface area contributed by atoms with Gasteiger partial charge in [0.2, 0.25) is 0 Å². The van der Waals surface area contributed by atoms with Gasteiger partial charge in [0.15, 0.2) is 6.10 Å². The molecule has 0 aliphatic heterocycles. The average molecular weight is 313 g/mol. The molecule has 4 heteroatoms. The Morgan fingerprint density at radius 2 is 1.83 bits per heavy atom. The molecule has 0 heterocycles. The highest BCUT2D eigenvalue weighted by molar-refractivity contribution is 5.80. The zero-order valence-electron chi connectivity index (χ0n) is 13.1. The van der Waals surface area contributed by atoms with Crippen LogP contribution in [-0.2, 0) is 10.2 Å². The SMILES string of the molecule is CC(Oc1ccc(F)cc1)C(=O)NCC1(c2ccccc2)CC1. The van der Waals surface area contributed by atoms with Crippen LogP contribution in [0.5, 0.6) is 5.75 Å². The topological polar surface area (TPSA) is 38.3 Å². The largest absolute Gasteiger partial charge is 0.481 e. The van der Waals surface area contributed by atoms with Gasteiger partial charge in [0.1, 0.15) is 11.6 Å². The van der Waals surface area contributed by atoms with Crippen molar-refractivity contribution in [2.45, 2.75) is 31.3 Å². The molecule has 1 aliphatic carbocycles. The van der Waals surface area contributed by atoms with Crippen LogP contribution < -0.4 is 10.1 Å². The molecule has 0 saturated heterocycles. The third-order valence-corrected chi connectivity index (χ3v) is 4.34. The zero-order chi connectivity index (χ0) is 16.3. The lowest BCUT2D eigenvalue weighted by Gasteiger charge is -2.19. The van der Waals surface area contributed by atoms with E-state index in [1.165, 1.54) is 29.8 Å². The fraction of sp³-hybridized carbons (Fsp3) is 0.316. The summed E-state index contributed by atoms with van der Waals surface area (Å²) in [5, 5.41) is 2.98. The molecule has 0 aromatic heterocycles. The number of nitrogens with one attached hydrogen (secondary N) is 1. The van der Waals surface area contributed by atoms with Gasteiger partial charge in [0.05, 0.1) is 0 Å². The Labute approximate surface area is 135 Å². The summed E-state index contributed by atoms with van der Waals surface area (Å²) in [6, 6.07) is 15.9. The van der Waals surface area contributed by atoms with Gasteiger partial charge < -0.3 is 10.1 Å². The van der Waals surface area contributed by atoms with Crippen molar-refractivity contribution in [3.63, 3.8) is 0 Å². The van der Waals surface area contributed by atoms with Gasteiger partial charge in [-0.2, -0.15) is 0 Å². The maximum Gasteiger partial charge on any atom is 0.260 e. The van der Waals surface area contributed by atoms with E-state index in [1.807, 2.05) is 18.2 Å². The summed E-state index contributed by atoms with van der Waals surface area (Å²) >= 11 is 0. The number of hydrogen-bond acceptors (Lipinski definition) is 2. The van der Waals surface area contributed by atoms with Crippen molar-refractivity contribution < 1.29 is 13.9 Å². The molecule has 1 N–H and O–H groups in total. The number of hydrogen-bond donors (Lipinski definition) is 1. The molecule has 2 aromatic carbocycles. The van der Waals surface area contributed by atoms with Gasteiger partial charge >= 0.3 is 0 Å². The smallest absolute Gasteiger partial charge is 0.260 e. The summed E-state index contributed by atoms with van der Waals surface area (Å²) in [7, 11) is 0. The summed E-state index contributed by atoms with van der Waals surface area (Å²) in [6.07, 6.45) is 1.56. The minimum absolute atomic E-state index is 0.0759. The fourth-order valence-electron chi connectivity index (χ4n) is 2.68. The van der Waals surface area contributed by atoms with Gasteiger partial charge in [-0.25, -0.2) is 4.39 Å². The van der Waals surface area contributed by atoms with Crippen LogP contribution in [-0.4, -0.2) is 18.6 Å². The van der Waals surface area contributed by atoms with Crippen LogP contribution >= 0.6 is 0 Å². The van der Waals surface area contributed by atoms with Gasteiger partial charge in [-0.3, -0.25) is 4.79 Å². The van der Waals surface area contributed by atoms with Gasteiger partial charge in [0, 0.05) is 12.0 Å². The fourth-order valence-corrected chi connectivity index (χ4v) is 2.68. The van der Waals surface area contributed by atoms with Crippen LogP contribution in [0.1, 0.15) is 25.3 Å². The Kier molecular flexibility index (Phi) is 4.33. The highest BCUT2D eigenvalue weighted by atomic mass is 19.1. The molecule has 3 rings (SSSR count). The first-order valence-corrected chi connectivity index (χ1v) is 7.85. The maximum atomic E-state index is 12.9. The number of amides is 1. The van der Waals surface area contributed by atoms with E-state index >= 15 is 0 Å². The molecular weight excluding hydrogens is 293 g/mol. The highest BCUT2D eigenvalue weighted by Gasteiger charge is 2.44. The van der Waals surface area contributed by atoms with Crippen molar-refractivity contribution in [2.24, 2.45) is 0 Å². The summed E-state index contributed by atoms with van der Waals surface area (Å²) in [5.74, 6) is 0.00256. The lowest BCUT2D eigenvalue weighted by atomic mass is 9.96. The second-order valence-electron chi connectivity index (χ2n) is 6.08. The molecule has 0 radical (unpaired) electrons. The summed E-state index contributed by atoms with van der Waals surface area (Å²) in [5.41, 5.74) is 1.35. The molecule has 3 nitrogen and oxygen atoms in total. The molecular formula is C19H20FNO2. The molecule has 23 heavy (non-hydrogen) atoms. The molecule has 0 bridgehead atoms. The van der Waals surface area contributed by atoms with Gasteiger partial charge in [-0.05, 0) is 49.6 Å². The molecule has 2 aromatic rings. The number of rotatable bonds is 6. The molecule has 1 aliphatic rings. The molecule has 1 amide bonds. The molecule has 1 saturated carbocycles. The predicted octanol–water partition coefficient (Wildman–Crippen LogP) is 3.44. The Balaban J connectivity index is 1.54. The molecule has 120 valence electrons. The minimum Gasteiger partial charge on any atom is -0.481 e. The third kappa shape index (κ3) is 3.70. The minimum atomic E-state index is -0.618. The number of halogens is 1. The van der Waals surface area contributed by atoms with E-state index in [2.05, 4.69) is 17.4 Å². The molecule has 1 atom stereocenters.